The molecule has 0 spiro atoms. The summed E-state index contributed by atoms with van der Waals surface area (Å²) >= 11 is 3.23. The van der Waals surface area contributed by atoms with Crippen LogP contribution in [0.2, 0.25) is 0 Å². The lowest BCUT2D eigenvalue weighted by Gasteiger charge is -2.09. The zero-order valence-electron chi connectivity index (χ0n) is 11.1. The number of nitrogen functional groups attached to an aromatic ring is 1. The molecule has 0 saturated carbocycles. The molecule has 0 aliphatic heterocycles. The predicted molar refractivity (Wildman–Crippen MR) is 81.4 cm³/mol. The second kappa shape index (κ2) is 5.25. The average molecular weight is 348 g/mol. The first-order chi connectivity index (χ1) is 10.1. The van der Waals surface area contributed by atoms with E-state index in [4.69, 9.17) is 5.73 Å². The standard InChI is InChI=1S/C14H11BrFN5/c1-8-2-4-10(17)7-11(8)14-18-19-20-21(14)13-5-3-9(15)6-12(13)16/h2-7H,17H2,1H3. The zero-order chi connectivity index (χ0) is 15.0. The molecule has 2 N–H and O–H groups in total. The van der Waals surface area contributed by atoms with Gasteiger partial charge in [0, 0.05) is 15.7 Å². The fourth-order valence-corrected chi connectivity index (χ4v) is 2.38. The van der Waals surface area contributed by atoms with Crippen LogP contribution in [0.3, 0.4) is 0 Å². The van der Waals surface area contributed by atoms with Gasteiger partial charge < -0.3 is 5.73 Å². The number of nitrogens with zero attached hydrogens (tertiary/aromatic N) is 4. The lowest BCUT2D eigenvalue weighted by molar-refractivity contribution is 0.607. The zero-order valence-corrected chi connectivity index (χ0v) is 12.7. The van der Waals surface area contributed by atoms with Gasteiger partial charge in [-0.2, -0.15) is 4.68 Å². The van der Waals surface area contributed by atoms with Crippen molar-refractivity contribution in [2.24, 2.45) is 0 Å². The number of nitrogens with two attached hydrogens (primary N) is 1. The Balaban J connectivity index is 2.19. The molecule has 0 unspecified atom stereocenters. The second-order valence-corrected chi connectivity index (χ2v) is 5.50. The number of aromatic nitrogens is 4. The minimum Gasteiger partial charge on any atom is -0.399 e. The summed E-state index contributed by atoms with van der Waals surface area (Å²) in [5.41, 5.74) is 8.41. The number of rotatable bonds is 2. The van der Waals surface area contributed by atoms with Gasteiger partial charge in [-0.1, -0.05) is 22.0 Å². The molecule has 3 rings (SSSR count). The summed E-state index contributed by atoms with van der Waals surface area (Å²) in [4.78, 5) is 0. The molecule has 5 nitrogen and oxygen atoms in total. The molecule has 0 bridgehead atoms. The highest BCUT2D eigenvalue weighted by Gasteiger charge is 2.16. The molecule has 0 amide bonds. The maximum atomic E-state index is 14.1. The van der Waals surface area contributed by atoms with Gasteiger partial charge in [0.25, 0.3) is 0 Å². The van der Waals surface area contributed by atoms with Crippen LogP contribution in [0.5, 0.6) is 0 Å². The lowest BCUT2D eigenvalue weighted by atomic mass is 10.1. The molecule has 0 atom stereocenters. The predicted octanol–water partition coefficient (Wildman–Crippen LogP) is 3.12. The minimum atomic E-state index is -0.417. The smallest absolute Gasteiger partial charge is 0.187 e. The van der Waals surface area contributed by atoms with Crippen molar-refractivity contribution < 1.29 is 4.39 Å². The van der Waals surface area contributed by atoms with E-state index >= 15 is 0 Å². The first-order valence-corrected chi connectivity index (χ1v) is 6.96. The Morgan fingerprint density at radius 3 is 2.76 bits per heavy atom. The number of hydrogen-bond donors (Lipinski definition) is 1. The molecule has 1 aromatic heterocycles. The SMILES string of the molecule is Cc1ccc(N)cc1-c1nnnn1-c1ccc(Br)cc1F. The number of anilines is 1. The Bertz CT molecular complexity index is 815. The maximum absolute atomic E-state index is 14.1. The van der Waals surface area contributed by atoms with Gasteiger partial charge in [-0.25, -0.2) is 4.39 Å². The van der Waals surface area contributed by atoms with Crippen LogP contribution in [0, 0.1) is 12.7 Å². The van der Waals surface area contributed by atoms with Crippen molar-refractivity contribution in [2.75, 3.05) is 5.73 Å². The Hall–Kier alpha value is -2.28. The van der Waals surface area contributed by atoms with E-state index in [-0.39, 0.29) is 5.69 Å². The van der Waals surface area contributed by atoms with Crippen LogP contribution >= 0.6 is 15.9 Å². The Kier molecular flexibility index (Phi) is 3.42. The molecule has 21 heavy (non-hydrogen) atoms. The van der Waals surface area contributed by atoms with Crippen molar-refractivity contribution in [2.45, 2.75) is 6.92 Å². The summed E-state index contributed by atoms with van der Waals surface area (Å²) in [6.45, 7) is 1.92. The molecule has 0 fully saturated rings. The molecule has 3 aromatic rings. The molecule has 1 heterocycles. The topological polar surface area (TPSA) is 69.6 Å². The van der Waals surface area contributed by atoms with Crippen LogP contribution < -0.4 is 5.73 Å². The van der Waals surface area contributed by atoms with E-state index in [1.165, 1.54) is 10.7 Å². The highest BCUT2D eigenvalue weighted by Crippen LogP contribution is 2.26. The third kappa shape index (κ3) is 2.52. The van der Waals surface area contributed by atoms with Crippen LogP contribution in [0.1, 0.15) is 5.56 Å². The normalized spacial score (nSPS) is 10.8. The van der Waals surface area contributed by atoms with Crippen LogP contribution in [0.25, 0.3) is 17.1 Å². The molecular weight excluding hydrogens is 337 g/mol. The molecule has 0 saturated heterocycles. The van der Waals surface area contributed by atoms with E-state index in [9.17, 15) is 4.39 Å². The fraction of sp³-hybridized carbons (Fsp3) is 0.0714. The monoisotopic (exact) mass is 347 g/mol. The minimum absolute atomic E-state index is 0.278. The van der Waals surface area contributed by atoms with Crippen LogP contribution in [-0.2, 0) is 0 Å². The van der Waals surface area contributed by atoms with Crippen molar-refractivity contribution in [1.82, 2.24) is 20.2 Å². The van der Waals surface area contributed by atoms with E-state index in [0.29, 0.717) is 16.0 Å². The third-order valence-electron chi connectivity index (χ3n) is 3.11. The van der Waals surface area contributed by atoms with Gasteiger partial charge in [-0.15, -0.1) is 5.10 Å². The highest BCUT2D eigenvalue weighted by atomic mass is 79.9. The van der Waals surface area contributed by atoms with E-state index in [1.54, 1.807) is 24.3 Å². The Morgan fingerprint density at radius 1 is 1.19 bits per heavy atom. The van der Waals surface area contributed by atoms with Gasteiger partial charge in [-0.05, 0) is 53.2 Å². The van der Waals surface area contributed by atoms with Gasteiger partial charge in [0.1, 0.15) is 11.5 Å². The molecule has 0 aliphatic carbocycles. The molecule has 0 radical (unpaired) electrons. The van der Waals surface area contributed by atoms with Crippen LogP contribution in [-0.4, -0.2) is 20.2 Å². The Labute approximate surface area is 128 Å². The number of halogens is 2. The van der Waals surface area contributed by atoms with Crippen LogP contribution in [0.15, 0.2) is 40.9 Å². The number of aryl methyl sites for hydroxylation is 1. The van der Waals surface area contributed by atoms with E-state index < -0.39 is 5.82 Å². The third-order valence-corrected chi connectivity index (χ3v) is 3.60. The van der Waals surface area contributed by atoms with Crippen LogP contribution in [0.4, 0.5) is 10.1 Å². The van der Waals surface area contributed by atoms with Crippen molar-refractivity contribution in [3.63, 3.8) is 0 Å². The van der Waals surface area contributed by atoms with Crippen molar-refractivity contribution in [3.05, 3.63) is 52.3 Å². The number of benzene rings is 2. The largest absolute Gasteiger partial charge is 0.399 e. The molecule has 0 aliphatic rings. The summed E-state index contributed by atoms with van der Waals surface area (Å²) in [6.07, 6.45) is 0. The van der Waals surface area contributed by atoms with Gasteiger partial charge in [-0.3, -0.25) is 0 Å². The first-order valence-electron chi connectivity index (χ1n) is 6.16. The van der Waals surface area contributed by atoms with Gasteiger partial charge in [0.15, 0.2) is 5.82 Å². The summed E-state index contributed by atoms with van der Waals surface area (Å²) in [5.74, 6) is 0.0282. The van der Waals surface area contributed by atoms with Gasteiger partial charge in [0.2, 0.25) is 0 Å². The average Bonchev–Trinajstić information content (AvgIpc) is 2.90. The quantitative estimate of drug-likeness (QED) is 0.723. The summed E-state index contributed by atoms with van der Waals surface area (Å²) in [6, 6.07) is 10.2. The summed E-state index contributed by atoms with van der Waals surface area (Å²) in [7, 11) is 0. The molecular formula is C14H11BrFN5. The van der Waals surface area contributed by atoms with E-state index in [1.807, 2.05) is 13.0 Å². The Morgan fingerprint density at radius 2 is 2.00 bits per heavy atom. The maximum Gasteiger partial charge on any atom is 0.187 e. The number of hydrogen-bond acceptors (Lipinski definition) is 4. The second-order valence-electron chi connectivity index (χ2n) is 4.58. The van der Waals surface area contributed by atoms with E-state index in [2.05, 4.69) is 31.5 Å². The molecule has 106 valence electrons. The summed E-state index contributed by atoms with van der Waals surface area (Å²) < 4.78 is 16.1. The van der Waals surface area contributed by atoms with Crippen molar-refractivity contribution >= 4 is 21.6 Å². The van der Waals surface area contributed by atoms with Crippen molar-refractivity contribution in [1.29, 1.82) is 0 Å². The number of tetrazole rings is 1. The molecule has 7 heteroatoms. The van der Waals surface area contributed by atoms with Crippen molar-refractivity contribution in [3.8, 4) is 17.1 Å². The van der Waals surface area contributed by atoms with Gasteiger partial charge in [0.05, 0.1) is 0 Å². The van der Waals surface area contributed by atoms with Gasteiger partial charge >= 0.3 is 0 Å². The highest BCUT2D eigenvalue weighted by molar-refractivity contribution is 9.10. The van der Waals surface area contributed by atoms with E-state index in [0.717, 1.165) is 11.1 Å². The molecule has 2 aromatic carbocycles. The lowest BCUT2D eigenvalue weighted by Crippen LogP contribution is -2.03. The fourth-order valence-electron chi connectivity index (χ4n) is 2.05. The first kappa shape index (κ1) is 13.7. The summed E-state index contributed by atoms with van der Waals surface area (Å²) in [5, 5.41) is 11.5.